The second kappa shape index (κ2) is 7.60. The summed E-state index contributed by atoms with van der Waals surface area (Å²) in [5, 5.41) is 13.9. The minimum Gasteiger partial charge on any atom is -0.395 e. The summed E-state index contributed by atoms with van der Waals surface area (Å²) in [7, 11) is 0. The van der Waals surface area contributed by atoms with Crippen LogP contribution in [0.5, 0.6) is 0 Å². The van der Waals surface area contributed by atoms with Crippen LogP contribution in [-0.2, 0) is 13.1 Å². The topological polar surface area (TPSA) is 37.2 Å². The smallest absolute Gasteiger partial charge is 0.128 e. The lowest BCUT2D eigenvalue weighted by Crippen LogP contribution is -2.31. The number of hydrogen-bond donors (Lipinski definition) is 2. The fraction of sp³-hybridized carbons (Fsp3) is 0.300. The highest BCUT2D eigenvalue weighted by Gasteiger charge is 2.11. The van der Waals surface area contributed by atoms with E-state index in [0.29, 0.717) is 18.7 Å². The third kappa shape index (κ3) is 3.50. The summed E-state index contributed by atoms with van der Waals surface area (Å²) in [5.74, 6) is -0.179. The molecule has 0 saturated carbocycles. The van der Waals surface area contributed by atoms with Crippen molar-refractivity contribution >= 4 is 10.9 Å². The van der Waals surface area contributed by atoms with E-state index >= 15 is 0 Å². The predicted molar refractivity (Wildman–Crippen MR) is 95.4 cm³/mol. The molecule has 0 amide bonds. The molecular formula is C20H23FN2O. The summed E-state index contributed by atoms with van der Waals surface area (Å²) in [6, 6.07) is 15.1. The maximum atomic E-state index is 14.0. The number of halogens is 1. The van der Waals surface area contributed by atoms with Gasteiger partial charge < -0.3 is 15.0 Å². The highest BCUT2D eigenvalue weighted by Crippen LogP contribution is 2.23. The number of para-hydroxylation sites is 1. The molecule has 2 N–H and O–H groups in total. The fourth-order valence-electron chi connectivity index (χ4n) is 3.00. The first-order valence-corrected chi connectivity index (χ1v) is 8.37. The molecule has 0 bridgehead atoms. The van der Waals surface area contributed by atoms with Crippen LogP contribution in [-0.4, -0.2) is 22.3 Å². The van der Waals surface area contributed by atoms with E-state index in [1.54, 1.807) is 6.07 Å². The van der Waals surface area contributed by atoms with Crippen LogP contribution in [0.3, 0.4) is 0 Å². The molecule has 0 fully saturated rings. The van der Waals surface area contributed by atoms with Crippen LogP contribution < -0.4 is 5.32 Å². The zero-order valence-electron chi connectivity index (χ0n) is 13.9. The van der Waals surface area contributed by atoms with Gasteiger partial charge in [-0.2, -0.15) is 0 Å². The Balaban J connectivity index is 1.90. The number of benzene rings is 2. The monoisotopic (exact) mass is 326 g/mol. The molecule has 0 saturated heterocycles. The van der Waals surface area contributed by atoms with Crippen LogP contribution in [0.2, 0.25) is 0 Å². The first-order valence-electron chi connectivity index (χ1n) is 8.37. The number of nitrogens with one attached hydrogen (secondary N) is 1. The Morgan fingerprint density at radius 3 is 2.58 bits per heavy atom. The number of aromatic nitrogens is 1. The van der Waals surface area contributed by atoms with E-state index in [0.717, 1.165) is 22.9 Å². The Kier molecular flexibility index (Phi) is 5.28. The van der Waals surface area contributed by atoms with Crippen LogP contribution in [0.25, 0.3) is 10.9 Å². The number of rotatable bonds is 7. The summed E-state index contributed by atoms with van der Waals surface area (Å²) in [6.07, 6.45) is 2.96. The van der Waals surface area contributed by atoms with Crippen LogP contribution in [0.15, 0.2) is 54.7 Å². The number of fused-ring (bicyclic) bond motifs is 1. The Labute approximate surface area is 141 Å². The van der Waals surface area contributed by atoms with E-state index in [-0.39, 0.29) is 18.5 Å². The lowest BCUT2D eigenvalue weighted by atomic mass is 10.1. The van der Waals surface area contributed by atoms with Gasteiger partial charge in [0.15, 0.2) is 0 Å². The van der Waals surface area contributed by atoms with Crippen molar-refractivity contribution in [1.82, 2.24) is 9.88 Å². The normalized spacial score (nSPS) is 12.6. The second-order valence-corrected chi connectivity index (χ2v) is 6.06. The van der Waals surface area contributed by atoms with Crippen LogP contribution >= 0.6 is 0 Å². The van der Waals surface area contributed by atoms with E-state index in [1.165, 1.54) is 6.07 Å². The van der Waals surface area contributed by atoms with Gasteiger partial charge in [-0.05, 0) is 24.1 Å². The van der Waals surface area contributed by atoms with E-state index in [2.05, 4.69) is 35.1 Å². The molecule has 0 aliphatic rings. The molecule has 3 aromatic rings. The standard InChI is InChI=1S/C20H23FN2O/c1-2-17(14-24)22-11-16-13-23(20-10-6-4-8-18(16)20)12-15-7-3-5-9-19(15)21/h3-10,13,17,22,24H,2,11-12,14H2,1H3/t17-/m0/s1. The molecule has 3 nitrogen and oxygen atoms in total. The zero-order valence-corrected chi connectivity index (χ0v) is 13.9. The van der Waals surface area contributed by atoms with Gasteiger partial charge in [0.05, 0.1) is 13.2 Å². The molecule has 24 heavy (non-hydrogen) atoms. The fourth-order valence-corrected chi connectivity index (χ4v) is 3.00. The summed E-state index contributed by atoms with van der Waals surface area (Å²) < 4.78 is 16.1. The van der Waals surface area contributed by atoms with Crippen molar-refractivity contribution in [2.75, 3.05) is 6.61 Å². The van der Waals surface area contributed by atoms with Gasteiger partial charge in [-0.25, -0.2) is 4.39 Å². The lowest BCUT2D eigenvalue weighted by molar-refractivity contribution is 0.238. The average Bonchev–Trinajstić information content (AvgIpc) is 2.96. The Bertz CT molecular complexity index is 808. The first kappa shape index (κ1) is 16.7. The average molecular weight is 326 g/mol. The molecule has 1 atom stereocenters. The number of nitrogens with zero attached hydrogens (tertiary/aromatic N) is 1. The number of aliphatic hydroxyl groups excluding tert-OH is 1. The molecule has 126 valence electrons. The molecule has 0 spiro atoms. The molecule has 1 heterocycles. The molecule has 0 radical (unpaired) electrons. The predicted octanol–water partition coefficient (Wildman–Crippen LogP) is 3.69. The SMILES string of the molecule is CC[C@@H](CO)NCc1cn(Cc2ccccc2F)c2ccccc12. The Morgan fingerprint density at radius 2 is 1.83 bits per heavy atom. The minimum absolute atomic E-state index is 0.0960. The van der Waals surface area contributed by atoms with Crippen molar-refractivity contribution < 1.29 is 9.50 Å². The van der Waals surface area contributed by atoms with Gasteiger partial charge >= 0.3 is 0 Å². The second-order valence-electron chi connectivity index (χ2n) is 6.06. The summed E-state index contributed by atoms with van der Waals surface area (Å²) in [4.78, 5) is 0. The third-order valence-corrected chi connectivity index (χ3v) is 4.46. The number of hydrogen-bond acceptors (Lipinski definition) is 2. The van der Waals surface area contributed by atoms with Gasteiger partial charge in [-0.3, -0.25) is 0 Å². The lowest BCUT2D eigenvalue weighted by Gasteiger charge is -2.13. The van der Waals surface area contributed by atoms with Gasteiger partial charge in [-0.15, -0.1) is 0 Å². The number of aliphatic hydroxyl groups is 1. The quantitative estimate of drug-likeness (QED) is 0.695. The minimum atomic E-state index is -0.179. The summed E-state index contributed by atoms with van der Waals surface area (Å²) in [5.41, 5.74) is 2.93. The largest absolute Gasteiger partial charge is 0.395 e. The molecule has 4 heteroatoms. The Morgan fingerprint density at radius 1 is 1.08 bits per heavy atom. The van der Waals surface area contributed by atoms with Gasteiger partial charge in [0.25, 0.3) is 0 Å². The highest BCUT2D eigenvalue weighted by molar-refractivity contribution is 5.84. The molecular weight excluding hydrogens is 303 g/mol. The van der Waals surface area contributed by atoms with Crippen molar-refractivity contribution in [2.45, 2.75) is 32.5 Å². The van der Waals surface area contributed by atoms with Gasteiger partial charge in [-0.1, -0.05) is 43.3 Å². The van der Waals surface area contributed by atoms with Crippen LogP contribution in [0.1, 0.15) is 24.5 Å². The van der Waals surface area contributed by atoms with E-state index in [1.807, 2.05) is 24.3 Å². The van der Waals surface area contributed by atoms with Crippen molar-refractivity contribution in [3.8, 4) is 0 Å². The Hall–Kier alpha value is -2.17. The van der Waals surface area contributed by atoms with E-state index in [4.69, 9.17) is 0 Å². The van der Waals surface area contributed by atoms with Crippen LogP contribution in [0, 0.1) is 5.82 Å². The van der Waals surface area contributed by atoms with Crippen molar-refractivity contribution in [3.05, 3.63) is 71.7 Å². The van der Waals surface area contributed by atoms with Gasteiger partial charge in [0, 0.05) is 35.2 Å². The molecule has 2 aromatic carbocycles. The van der Waals surface area contributed by atoms with Crippen molar-refractivity contribution in [3.63, 3.8) is 0 Å². The maximum absolute atomic E-state index is 14.0. The molecule has 0 aliphatic heterocycles. The third-order valence-electron chi connectivity index (χ3n) is 4.46. The highest BCUT2D eigenvalue weighted by atomic mass is 19.1. The first-order chi connectivity index (χ1) is 11.7. The molecule has 3 rings (SSSR count). The summed E-state index contributed by atoms with van der Waals surface area (Å²) >= 11 is 0. The summed E-state index contributed by atoms with van der Waals surface area (Å²) in [6.45, 7) is 3.37. The molecule has 1 aromatic heterocycles. The van der Waals surface area contributed by atoms with Crippen molar-refractivity contribution in [1.29, 1.82) is 0 Å². The van der Waals surface area contributed by atoms with E-state index < -0.39 is 0 Å². The molecule has 0 unspecified atom stereocenters. The van der Waals surface area contributed by atoms with Gasteiger partial charge in [0.1, 0.15) is 5.82 Å². The van der Waals surface area contributed by atoms with E-state index in [9.17, 15) is 9.50 Å². The zero-order chi connectivity index (χ0) is 16.9. The van der Waals surface area contributed by atoms with Crippen LogP contribution in [0.4, 0.5) is 4.39 Å². The van der Waals surface area contributed by atoms with Gasteiger partial charge in [0.2, 0.25) is 0 Å². The maximum Gasteiger partial charge on any atom is 0.128 e. The molecule has 0 aliphatic carbocycles. The van der Waals surface area contributed by atoms with Crippen molar-refractivity contribution in [2.24, 2.45) is 0 Å².